The summed E-state index contributed by atoms with van der Waals surface area (Å²) in [5.41, 5.74) is 6.14. The van der Waals surface area contributed by atoms with Crippen LogP contribution in [0.1, 0.15) is 11.6 Å². The van der Waals surface area contributed by atoms with E-state index in [0.717, 1.165) is 0 Å². The largest absolute Gasteiger partial charge is 0.504 e. The topological polar surface area (TPSA) is 81.8 Å². The van der Waals surface area contributed by atoms with Gasteiger partial charge in [0.1, 0.15) is 6.04 Å². The molecule has 0 aromatic heterocycles. The second kappa shape index (κ2) is 4.65. The molecule has 1 rings (SSSR count). The van der Waals surface area contributed by atoms with Crippen molar-refractivity contribution in [3.63, 3.8) is 0 Å². The third-order valence-corrected chi connectivity index (χ3v) is 2.02. The van der Waals surface area contributed by atoms with Gasteiger partial charge in [-0.05, 0) is 17.7 Å². The number of carbonyl (C=O) groups is 1. The van der Waals surface area contributed by atoms with Crippen LogP contribution in [0.5, 0.6) is 11.5 Å². The lowest BCUT2D eigenvalue weighted by molar-refractivity contribution is -0.142. The number of hydrogen-bond donors (Lipinski definition) is 2. The number of phenols is 1. The summed E-state index contributed by atoms with van der Waals surface area (Å²) >= 11 is 0. The first kappa shape index (κ1) is 11.3. The van der Waals surface area contributed by atoms with Crippen molar-refractivity contribution in [2.24, 2.45) is 5.73 Å². The van der Waals surface area contributed by atoms with Crippen LogP contribution in [0.4, 0.5) is 0 Å². The Bertz CT molecular complexity index is 364. The third-order valence-electron chi connectivity index (χ3n) is 2.02. The van der Waals surface area contributed by atoms with E-state index in [1.165, 1.54) is 26.4 Å². The van der Waals surface area contributed by atoms with Gasteiger partial charge in [0.15, 0.2) is 11.5 Å². The number of benzene rings is 1. The lowest BCUT2D eigenvalue weighted by atomic mass is 10.1. The van der Waals surface area contributed by atoms with Crippen LogP contribution >= 0.6 is 0 Å². The van der Waals surface area contributed by atoms with Gasteiger partial charge in [-0.2, -0.15) is 0 Å². The summed E-state index contributed by atoms with van der Waals surface area (Å²) in [6.45, 7) is 0. The first-order valence-corrected chi connectivity index (χ1v) is 4.30. The van der Waals surface area contributed by atoms with Gasteiger partial charge in [-0.15, -0.1) is 0 Å². The Balaban J connectivity index is 3.00. The summed E-state index contributed by atoms with van der Waals surface area (Å²) in [4.78, 5) is 11.1. The molecule has 0 heterocycles. The number of aromatic hydroxyl groups is 1. The molecule has 0 aliphatic heterocycles. The molecule has 5 heteroatoms. The molecule has 1 aromatic rings. The van der Waals surface area contributed by atoms with Crippen LogP contribution in [0.2, 0.25) is 0 Å². The molecule has 0 radical (unpaired) electrons. The molecule has 5 nitrogen and oxygen atoms in total. The van der Waals surface area contributed by atoms with Crippen LogP contribution in [0.3, 0.4) is 0 Å². The average Bonchev–Trinajstić information content (AvgIpc) is 2.27. The molecule has 0 amide bonds. The first-order chi connectivity index (χ1) is 7.10. The number of hydrogen-bond acceptors (Lipinski definition) is 5. The lowest BCUT2D eigenvalue weighted by Crippen LogP contribution is -2.22. The number of carbonyl (C=O) groups excluding carboxylic acids is 1. The van der Waals surface area contributed by atoms with E-state index < -0.39 is 12.0 Å². The molecule has 1 atom stereocenters. The van der Waals surface area contributed by atoms with Crippen molar-refractivity contribution in [3.8, 4) is 11.5 Å². The van der Waals surface area contributed by atoms with Gasteiger partial charge in [0, 0.05) is 0 Å². The van der Waals surface area contributed by atoms with E-state index in [9.17, 15) is 9.90 Å². The minimum Gasteiger partial charge on any atom is -0.504 e. The van der Waals surface area contributed by atoms with Crippen molar-refractivity contribution in [1.29, 1.82) is 0 Å². The fourth-order valence-corrected chi connectivity index (χ4v) is 1.15. The summed E-state index contributed by atoms with van der Waals surface area (Å²) in [6, 6.07) is 3.58. The molecule has 0 bridgehead atoms. The zero-order chi connectivity index (χ0) is 11.4. The monoisotopic (exact) mass is 211 g/mol. The molecule has 15 heavy (non-hydrogen) atoms. The fourth-order valence-electron chi connectivity index (χ4n) is 1.15. The molecule has 0 fully saturated rings. The zero-order valence-corrected chi connectivity index (χ0v) is 8.56. The average molecular weight is 211 g/mol. The van der Waals surface area contributed by atoms with Crippen LogP contribution in [0.25, 0.3) is 0 Å². The summed E-state index contributed by atoms with van der Waals surface area (Å²) in [7, 11) is 2.68. The van der Waals surface area contributed by atoms with Crippen LogP contribution in [0.15, 0.2) is 18.2 Å². The summed E-state index contributed by atoms with van der Waals surface area (Å²) in [5, 5.41) is 9.33. The molecular weight excluding hydrogens is 198 g/mol. The first-order valence-electron chi connectivity index (χ1n) is 4.30. The third kappa shape index (κ3) is 2.38. The molecule has 1 aromatic carbocycles. The normalized spacial score (nSPS) is 11.9. The lowest BCUT2D eigenvalue weighted by Gasteiger charge is -2.11. The quantitative estimate of drug-likeness (QED) is 0.714. The van der Waals surface area contributed by atoms with Crippen molar-refractivity contribution in [1.82, 2.24) is 0 Å². The molecule has 0 spiro atoms. The van der Waals surface area contributed by atoms with Gasteiger partial charge in [-0.3, -0.25) is 4.79 Å². The Labute approximate surface area is 87.4 Å². The maximum absolute atomic E-state index is 11.1. The maximum atomic E-state index is 11.1. The number of methoxy groups -OCH3 is 2. The van der Waals surface area contributed by atoms with E-state index in [0.29, 0.717) is 5.56 Å². The number of ether oxygens (including phenoxy) is 2. The van der Waals surface area contributed by atoms with Gasteiger partial charge in [0.2, 0.25) is 0 Å². The van der Waals surface area contributed by atoms with Crippen LogP contribution < -0.4 is 10.5 Å². The Morgan fingerprint density at radius 3 is 2.67 bits per heavy atom. The molecular formula is C10H13NO4. The van der Waals surface area contributed by atoms with E-state index >= 15 is 0 Å². The Morgan fingerprint density at radius 1 is 1.47 bits per heavy atom. The van der Waals surface area contributed by atoms with Crippen molar-refractivity contribution in [2.45, 2.75) is 6.04 Å². The standard InChI is InChI=1S/C10H13NO4/c1-14-8-5-6(3-4-7(8)12)9(11)10(13)15-2/h3-5,9,12H,11H2,1-2H3. The highest BCUT2D eigenvalue weighted by Gasteiger charge is 2.17. The molecule has 0 aliphatic rings. The van der Waals surface area contributed by atoms with Gasteiger partial charge >= 0.3 is 5.97 Å². The smallest absolute Gasteiger partial charge is 0.327 e. The minimum atomic E-state index is -0.871. The Kier molecular flexibility index (Phi) is 3.51. The van der Waals surface area contributed by atoms with Gasteiger partial charge < -0.3 is 20.3 Å². The van der Waals surface area contributed by atoms with Gasteiger partial charge in [-0.25, -0.2) is 0 Å². The van der Waals surface area contributed by atoms with Gasteiger partial charge in [0.25, 0.3) is 0 Å². The van der Waals surface area contributed by atoms with E-state index in [4.69, 9.17) is 10.5 Å². The molecule has 3 N–H and O–H groups in total. The highest BCUT2D eigenvalue weighted by atomic mass is 16.5. The second-order valence-corrected chi connectivity index (χ2v) is 2.93. The summed E-state index contributed by atoms with van der Waals surface area (Å²) in [5.74, 6) is -0.270. The van der Waals surface area contributed by atoms with Gasteiger partial charge in [0.05, 0.1) is 14.2 Å². The highest BCUT2D eigenvalue weighted by molar-refractivity contribution is 5.77. The number of esters is 1. The predicted octanol–water partition coefficient (Wildman–Crippen LogP) is 0.574. The van der Waals surface area contributed by atoms with Crippen molar-refractivity contribution in [2.75, 3.05) is 14.2 Å². The Morgan fingerprint density at radius 2 is 2.13 bits per heavy atom. The van der Waals surface area contributed by atoms with E-state index in [2.05, 4.69) is 4.74 Å². The summed E-state index contributed by atoms with van der Waals surface area (Å²) in [6.07, 6.45) is 0. The van der Waals surface area contributed by atoms with E-state index in [-0.39, 0.29) is 11.5 Å². The Hall–Kier alpha value is -1.75. The second-order valence-electron chi connectivity index (χ2n) is 2.93. The molecule has 82 valence electrons. The van der Waals surface area contributed by atoms with Crippen molar-refractivity contribution < 1.29 is 19.4 Å². The van der Waals surface area contributed by atoms with Gasteiger partial charge in [-0.1, -0.05) is 6.07 Å². The van der Waals surface area contributed by atoms with E-state index in [1.54, 1.807) is 6.07 Å². The minimum absolute atomic E-state index is 0.00156. The number of nitrogens with two attached hydrogens (primary N) is 1. The molecule has 0 saturated carbocycles. The molecule has 0 aliphatic carbocycles. The molecule has 1 unspecified atom stereocenters. The SMILES string of the molecule is COC(=O)C(N)c1ccc(O)c(OC)c1. The fraction of sp³-hybridized carbons (Fsp3) is 0.300. The number of rotatable bonds is 3. The zero-order valence-electron chi connectivity index (χ0n) is 8.56. The van der Waals surface area contributed by atoms with Crippen LogP contribution in [0, 0.1) is 0 Å². The van der Waals surface area contributed by atoms with Crippen molar-refractivity contribution >= 4 is 5.97 Å². The van der Waals surface area contributed by atoms with Crippen LogP contribution in [-0.4, -0.2) is 25.3 Å². The van der Waals surface area contributed by atoms with Crippen molar-refractivity contribution in [3.05, 3.63) is 23.8 Å². The van der Waals surface area contributed by atoms with Crippen LogP contribution in [-0.2, 0) is 9.53 Å². The molecule has 0 saturated heterocycles. The predicted molar refractivity (Wildman–Crippen MR) is 53.6 cm³/mol. The van der Waals surface area contributed by atoms with E-state index in [1.807, 2.05) is 0 Å². The maximum Gasteiger partial charge on any atom is 0.327 e. The highest BCUT2D eigenvalue weighted by Crippen LogP contribution is 2.28. The summed E-state index contributed by atoms with van der Waals surface area (Å²) < 4.78 is 9.39. The number of phenolic OH excluding ortho intramolecular Hbond substituents is 1.